The van der Waals surface area contributed by atoms with Gasteiger partial charge in [0.25, 0.3) is 0 Å². The Kier molecular flexibility index (Phi) is 5.49. The minimum Gasteiger partial charge on any atom is -0.480 e. The highest BCUT2D eigenvalue weighted by atomic mass is 32.2. The summed E-state index contributed by atoms with van der Waals surface area (Å²) in [6.07, 6.45) is 0.860. The van der Waals surface area contributed by atoms with Crippen molar-refractivity contribution < 1.29 is 28.0 Å². The molecule has 11 heteroatoms. The molecule has 0 saturated heterocycles. The fourth-order valence-electron chi connectivity index (χ4n) is 1.13. The van der Waals surface area contributed by atoms with Crippen molar-refractivity contribution in [3.8, 4) is 0 Å². The summed E-state index contributed by atoms with van der Waals surface area (Å²) in [6, 6.07) is 2.01. The van der Waals surface area contributed by atoms with Crippen LogP contribution >= 0.6 is 0 Å². The fourth-order valence-corrected chi connectivity index (χ4v) is 2.09. The summed E-state index contributed by atoms with van der Waals surface area (Å²) in [7, 11) is -3.87. The summed E-state index contributed by atoms with van der Waals surface area (Å²) in [5.74, 6) is -1.62. The van der Waals surface area contributed by atoms with Gasteiger partial charge in [0.15, 0.2) is 6.20 Å². The van der Waals surface area contributed by atoms with Crippen molar-refractivity contribution in [2.45, 2.75) is 4.90 Å². The molecule has 0 amide bonds. The van der Waals surface area contributed by atoms with Gasteiger partial charge in [-0.2, -0.15) is 0 Å². The molecule has 0 bridgehead atoms. The van der Waals surface area contributed by atoms with Crippen LogP contribution in [0.1, 0.15) is 0 Å². The van der Waals surface area contributed by atoms with E-state index >= 15 is 0 Å². The first-order valence-corrected chi connectivity index (χ1v) is 6.71. The third kappa shape index (κ3) is 4.87. The van der Waals surface area contributed by atoms with E-state index in [4.69, 9.17) is 5.11 Å². The lowest BCUT2D eigenvalue weighted by Crippen LogP contribution is -2.28. The topological polar surface area (TPSA) is 149 Å². The number of pyridine rings is 1. The number of aromatic nitrogens is 1. The van der Waals surface area contributed by atoms with Crippen LogP contribution in [0.4, 0.5) is 5.82 Å². The Bertz CT molecular complexity index is 584. The van der Waals surface area contributed by atoms with Gasteiger partial charge in [-0.25, -0.2) is 17.9 Å². The van der Waals surface area contributed by atoms with Gasteiger partial charge in [-0.3, -0.25) is 0 Å². The Labute approximate surface area is 113 Å². The lowest BCUT2D eigenvalue weighted by molar-refractivity contribution is -0.389. The van der Waals surface area contributed by atoms with E-state index in [1.807, 2.05) is 0 Å². The summed E-state index contributed by atoms with van der Waals surface area (Å²) < 4.78 is 30.2. The molecular weight excluding hydrogens is 294 g/mol. The highest BCUT2D eigenvalue weighted by Crippen LogP contribution is 2.11. The second-order valence-corrected chi connectivity index (χ2v) is 5.22. The molecule has 1 heterocycles. The molecule has 20 heavy (non-hydrogen) atoms. The van der Waals surface area contributed by atoms with Gasteiger partial charge in [-0.15, -0.1) is 0 Å². The van der Waals surface area contributed by atoms with Crippen LogP contribution in [-0.2, 0) is 19.6 Å². The maximum atomic E-state index is 11.7. The van der Waals surface area contributed by atoms with Crippen molar-refractivity contribution in [1.29, 1.82) is 0 Å². The van der Waals surface area contributed by atoms with Crippen molar-refractivity contribution in [2.75, 3.05) is 19.8 Å². The summed E-state index contributed by atoms with van der Waals surface area (Å²) in [4.78, 5) is 22.9. The summed E-state index contributed by atoms with van der Waals surface area (Å²) in [5.41, 5.74) is 0. The monoisotopic (exact) mass is 305 g/mol. The normalized spacial score (nSPS) is 11.2. The van der Waals surface area contributed by atoms with Crippen LogP contribution in [0.2, 0.25) is 0 Å². The van der Waals surface area contributed by atoms with Crippen LogP contribution in [-0.4, -0.2) is 49.2 Å². The maximum absolute atomic E-state index is 11.7. The third-order valence-electron chi connectivity index (χ3n) is 1.98. The fraction of sp³-hybridized carbons (Fsp3) is 0.333. The molecule has 0 aliphatic heterocycles. The van der Waals surface area contributed by atoms with Crippen LogP contribution in [0, 0.1) is 10.1 Å². The molecule has 0 spiro atoms. The van der Waals surface area contributed by atoms with Crippen molar-refractivity contribution in [2.24, 2.45) is 0 Å². The Hall–Kier alpha value is -2.11. The van der Waals surface area contributed by atoms with E-state index in [2.05, 4.69) is 14.4 Å². The Morgan fingerprint density at radius 3 is 2.70 bits per heavy atom. The predicted octanol–water partition coefficient (Wildman–Crippen LogP) is -0.631. The quantitative estimate of drug-likeness (QED) is 0.366. The highest BCUT2D eigenvalue weighted by molar-refractivity contribution is 7.89. The molecule has 1 aromatic heterocycles. The zero-order valence-electron chi connectivity index (χ0n) is 10.1. The zero-order chi connectivity index (χ0) is 15.2. The summed E-state index contributed by atoms with van der Waals surface area (Å²) >= 11 is 0. The number of carboxylic acid groups (broad SMARTS) is 1. The van der Waals surface area contributed by atoms with Crippen LogP contribution in [0.3, 0.4) is 0 Å². The molecule has 0 aliphatic rings. The van der Waals surface area contributed by atoms with E-state index in [0.717, 1.165) is 18.3 Å². The van der Waals surface area contributed by atoms with Crippen molar-refractivity contribution in [3.63, 3.8) is 0 Å². The van der Waals surface area contributed by atoms with E-state index in [0.29, 0.717) is 0 Å². The highest BCUT2D eigenvalue weighted by Gasteiger charge is 2.17. The standard InChI is InChI=1S/C9H11N3O7S/c13-9(14)6-19-4-3-11-20(17,18)7-1-2-8(10-5-7)12(15)16/h1-2,5,11H,3-4,6H2,(H,13,14). The van der Waals surface area contributed by atoms with E-state index in [1.54, 1.807) is 0 Å². The minimum absolute atomic E-state index is 0.119. The van der Waals surface area contributed by atoms with Gasteiger partial charge in [0.2, 0.25) is 10.0 Å². The Morgan fingerprint density at radius 2 is 2.20 bits per heavy atom. The van der Waals surface area contributed by atoms with Gasteiger partial charge in [-0.05, 0) is 16.0 Å². The number of carboxylic acids is 1. The lowest BCUT2D eigenvalue weighted by Gasteiger charge is -2.05. The van der Waals surface area contributed by atoms with E-state index < -0.39 is 33.3 Å². The first kappa shape index (κ1) is 15.9. The number of hydrogen-bond donors (Lipinski definition) is 2. The number of hydrogen-bond acceptors (Lipinski definition) is 7. The van der Waals surface area contributed by atoms with Crippen LogP contribution in [0.5, 0.6) is 0 Å². The Morgan fingerprint density at radius 1 is 1.50 bits per heavy atom. The van der Waals surface area contributed by atoms with Gasteiger partial charge in [0.1, 0.15) is 11.5 Å². The average molecular weight is 305 g/mol. The smallest absolute Gasteiger partial charge is 0.363 e. The lowest BCUT2D eigenvalue weighted by atomic mass is 10.5. The number of nitrogens with zero attached hydrogens (tertiary/aromatic N) is 2. The van der Waals surface area contributed by atoms with Gasteiger partial charge in [0, 0.05) is 12.6 Å². The van der Waals surface area contributed by atoms with Crippen LogP contribution in [0.15, 0.2) is 23.2 Å². The first-order valence-electron chi connectivity index (χ1n) is 5.22. The molecule has 110 valence electrons. The van der Waals surface area contributed by atoms with E-state index in [9.17, 15) is 23.3 Å². The molecule has 0 atom stereocenters. The zero-order valence-corrected chi connectivity index (χ0v) is 10.9. The SMILES string of the molecule is O=C(O)COCCNS(=O)(=O)c1ccc([N+](=O)[O-])nc1. The molecule has 0 saturated carbocycles. The Balaban J connectivity index is 2.56. The number of sulfonamides is 1. The number of ether oxygens (including phenoxy) is 1. The van der Waals surface area contributed by atoms with E-state index in [-0.39, 0.29) is 18.0 Å². The molecule has 0 aromatic carbocycles. The summed E-state index contributed by atoms with van der Waals surface area (Å²) in [5, 5.41) is 18.7. The second-order valence-electron chi connectivity index (χ2n) is 3.45. The predicted molar refractivity (Wildman–Crippen MR) is 64.5 cm³/mol. The molecule has 1 rings (SSSR count). The third-order valence-corrected chi connectivity index (χ3v) is 3.43. The average Bonchev–Trinajstić information content (AvgIpc) is 2.38. The number of nitrogens with one attached hydrogen (secondary N) is 1. The van der Waals surface area contributed by atoms with Gasteiger partial charge >= 0.3 is 11.8 Å². The molecule has 0 fully saturated rings. The largest absolute Gasteiger partial charge is 0.480 e. The number of aliphatic carboxylic acids is 1. The molecule has 0 unspecified atom stereocenters. The van der Waals surface area contributed by atoms with Crippen molar-refractivity contribution in [1.82, 2.24) is 9.71 Å². The molecule has 1 aromatic rings. The van der Waals surface area contributed by atoms with Crippen LogP contribution < -0.4 is 4.72 Å². The molecule has 0 radical (unpaired) electrons. The first-order chi connectivity index (χ1) is 9.33. The van der Waals surface area contributed by atoms with Gasteiger partial charge in [-0.1, -0.05) is 0 Å². The number of rotatable bonds is 8. The molecule has 0 aliphatic carbocycles. The molecule has 2 N–H and O–H groups in total. The van der Waals surface area contributed by atoms with Crippen LogP contribution in [0.25, 0.3) is 0 Å². The van der Waals surface area contributed by atoms with E-state index in [1.165, 1.54) is 0 Å². The van der Waals surface area contributed by atoms with Crippen molar-refractivity contribution in [3.05, 3.63) is 28.4 Å². The molecule has 10 nitrogen and oxygen atoms in total. The van der Waals surface area contributed by atoms with Gasteiger partial charge < -0.3 is 20.0 Å². The maximum Gasteiger partial charge on any atom is 0.363 e. The number of carbonyl (C=O) groups is 1. The second kappa shape index (κ2) is 6.88. The molecular formula is C9H11N3O7S. The number of nitro groups is 1. The van der Waals surface area contributed by atoms with Crippen molar-refractivity contribution >= 4 is 21.8 Å². The van der Waals surface area contributed by atoms with Gasteiger partial charge in [0.05, 0.1) is 6.61 Å². The minimum atomic E-state index is -3.87. The summed E-state index contributed by atoms with van der Waals surface area (Å²) in [6.45, 7) is -0.778.